The number of aryl methyl sites for hydroxylation is 1. The third-order valence-corrected chi connectivity index (χ3v) is 5.86. The Morgan fingerprint density at radius 1 is 1.15 bits per heavy atom. The van der Waals surface area contributed by atoms with Crippen molar-refractivity contribution in [2.45, 2.75) is 18.7 Å². The summed E-state index contributed by atoms with van der Waals surface area (Å²) in [4.78, 5) is 0.227. The SMILES string of the molecule is Cc1cc(Cl)c(Br)c(C)c1NS(=O)(=O)c1ccccc1. The van der Waals surface area contributed by atoms with Crippen molar-refractivity contribution in [3.8, 4) is 0 Å². The van der Waals surface area contributed by atoms with Crippen molar-refractivity contribution in [2.75, 3.05) is 4.72 Å². The molecule has 2 aromatic rings. The number of sulfonamides is 1. The Balaban J connectivity index is 2.48. The van der Waals surface area contributed by atoms with Gasteiger partial charge in [0, 0.05) is 4.47 Å². The number of hydrogen-bond donors (Lipinski definition) is 1. The molecule has 0 fully saturated rings. The minimum Gasteiger partial charge on any atom is -0.279 e. The number of benzene rings is 2. The Bertz CT molecular complexity index is 746. The lowest BCUT2D eigenvalue weighted by atomic mass is 10.1. The van der Waals surface area contributed by atoms with E-state index < -0.39 is 10.0 Å². The maximum atomic E-state index is 12.3. The molecule has 1 N–H and O–H groups in total. The molecule has 0 unspecified atom stereocenters. The Hall–Kier alpha value is -1.04. The second kappa shape index (κ2) is 5.76. The number of nitrogens with one attached hydrogen (secondary N) is 1. The molecule has 6 heteroatoms. The first-order valence-corrected chi connectivity index (χ1v) is 8.51. The summed E-state index contributed by atoms with van der Waals surface area (Å²) in [6.07, 6.45) is 0. The van der Waals surface area contributed by atoms with Gasteiger partial charge in [-0.25, -0.2) is 8.42 Å². The van der Waals surface area contributed by atoms with E-state index in [0.29, 0.717) is 15.2 Å². The molecule has 20 heavy (non-hydrogen) atoms. The number of halogens is 2. The van der Waals surface area contributed by atoms with Gasteiger partial charge in [0.25, 0.3) is 10.0 Å². The van der Waals surface area contributed by atoms with Gasteiger partial charge in [0.1, 0.15) is 0 Å². The number of hydrogen-bond acceptors (Lipinski definition) is 2. The zero-order valence-electron chi connectivity index (χ0n) is 10.9. The second-order valence-corrected chi connectivity index (χ2v) is 7.29. The predicted octanol–water partition coefficient (Wildman–Crippen LogP) is 4.52. The highest BCUT2D eigenvalue weighted by Crippen LogP contribution is 2.35. The van der Waals surface area contributed by atoms with Crippen molar-refractivity contribution >= 4 is 43.2 Å². The molecule has 0 heterocycles. The molecule has 0 aliphatic rings. The van der Waals surface area contributed by atoms with E-state index in [0.717, 1.165) is 11.1 Å². The maximum absolute atomic E-state index is 12.3. The van der Waals surface area contributed by atoms with Gasteiger partial charge in [0.05, 0.1) is 15.6 Å². The summed E-state index contributed by atoms with van der Waals surface area (Å²) in [6.45, 7) is 3.62. The molecule has 0 saturated heterocycles. The van der Waals surface area contributed by atoms with Gasteiger partial charge >= 0.3 is 0 Å². The predicted molar refractivity (Wildman–Crippen MR) is 85.9 cm³/mol. The normalized spacial score (nSPS) is 11.4. The highest BCUT2D eigenvalue weighted by molar-refractivity contribution is 9.10. The molecule has 2 aromatic carbocycles. The number of anilines is 1. The fourth-order valence-corrected chi connectivity index (χ4v) is 3.69. The van der Waals surface area contributed by atoms with E-state index in [1.165, 1.54) is 0 Å². The maximum Gasteiger partial charge on any atom is 0.261 e. The monoisotopic (exact) mass is 373 g/mol. The van der Waals surface area contributed by atoms with E-state index in [1.807, 2.05) is 13.8 Å². The van der Waals surface area contributed by atoms with Gasteiger partial charge in [0.15, 0.2) is 0 Å². The van der Waals surface area contributed by atoms with Crippen LogP contribution in [-0.4, -0.2) is 8.42 Å². The fourth-order valence-electron chi connectivity index (χ4n) is 1.86. The van der Waals surface area contributed by atoms with Crippen LogP contribution in [-0.2, 0) is 10.0 Å². The summed E-state index contributed by atoms with van der Waals surface area (Å²) < 4.78 is 28.0. The van der Waals surface area contributed by atoms with E-state index in [9.17, 15) is 8.42 Å². The first kappa shape index (κ1) is 15.4. The zero-order chi connectivity index (χ0) is 14.9. The Labute approximate surface area is 132 Å². The molecular weight excluding hydrogens is 362 g/mol. The minimum atomic E-state index is -3.60. The van der Waals surface area contributed by atoms with Crippen LogP contribution in [0.1, 0.15) is 11.1 Å². The van der Waals surface area contributed by atoms with Crippen LogP contribution in [0.3, 0.4) is 0 Å². The minimum absolute atomic E-state index is 0.227. The van der Waals surface area contributed by atoms with Crippen molar-refractivity contribution in [1.82, 2.24) is 0 Å². The standard InChI is InChI=1S/C14H13BrClNO2S/c1-9-8-12(16)13(15)10(2)14(9)17-20(18,19)11-6-4-3-5-7-11/h3-8,17H,1-2H3. The van der Waals surface area contributed by atoms with E-state index in [4.69, 9.17) is 11.6 Å². The molecule has 0 saturated carbocycles. The van der Waals surface area contributed by atoms with Crippen molar-refractivity contribution in [3.63, 3.8) is 0 Å². The van der Waals surface area contributed by atoms with Gasteiger partial charge in [-0.2, -0.15) is 0 Å². The van der Waals surface area contributed by atoms with Crippen LogP contribution >= 0.6 is 27.5 Å². The molecule has 0 amide bonds. The highest BCUT2D eigenvalue weighted by atomic mass is 79.9. The Kier molecular flexibility index (Phi) is 4.42. The van der Waals surface area contributed by atoms with Crippen molar-refractivity contribution in [1.29, 1.82) is 0 Å². The molecule has 0 spiro atoms. The van der Waals surface area contributed by atoms with E-state index in [2.05, 4.69) is 20.7 Å². The summed E-state index contributed by atoms with van der Waals surface area (Å²) in [5, 5.41) is 0.558. The lowest BCUT2D eigenvalue weighted by Gasteiger charge is -2.15. The quantitative estimate of drug-likeness (QED) is 0.858. The molecule has 0 aliphatic carbocycles. The van der Waals surface area contributed by atoms with E-state index in [1.54, 1.807) is 36.4 Å². The fraction of sp³-hybridized carbons (Fsp3) is 0.143. The summed E-state index contributed by atoms with van der Waals surface area (Å²) >= 11 is 9.42. The van der Waals surface area contributed by atoms with Crippen molar-refractivity contribution in [3.05, 3.63) is 57.0 Å². The molecule has 0 atom stereocenters. The van der Waals surface area contributed by atoms with Crippen LogP contribution in [0.15, 0.2) is 45.8 Å². The van der Waals surface area contributed by atoms with Gasteiger partial charge in [-0.3, -0.25) is 4.72 Å². The average Bonchev–Trinajstić information content (AvgIpc) is 2.42. The van der Waals surface area contributed by atoms with Crippen LogP contribution in [0.25, 0.3) is 0 Å². The largest absolute Gasteiger partial charge is 0.279 e. The summed E-state index contributed by atoms with van der Waals surface area (Å²) in [6, 6.07) is 9.98. The second-order valence-electron chi connectivity index (χ2n) is 4.41. The molecular formula is C14H13BrClNO2S. The molecule has 0 bridgehead atoms. The highest BCUT2D eigenvalue weighted by Gasteiger charge is 2.18. The Morgan fingerprint density at radius 2 is 1.75 bits per heavy atom. The first-order valence-electron chi connectivity index (χ1n) is 5.86. The van der Waals surface area contributed by atoms with Gasteiger partial charge in [-0.15, -0.1) is 0 Å². The molecule has 0 aliphatic heterocycles. The van der Waals surface area contributed by atoms with E-state index >= 15 is 0 Å². The van der Waals surface area contributed by atoms with Crippen LogP contribution in [0.2, 0.25) is 5.02 Å². The van der Waals surface area contributed by atoms with Crippen LogP contribution < -0.4 is 4.72 Å². The Morgan fingerprint density at radius 3 is 2.35 bits per heavy atom. The number of rotatable bonds is 3. The smallest absolute Gasteiger partial charge is 0.261 e. The molecule has 106 valence electrons. The topological polar surface area (TPSA) is 46.2 Å². The molecule has 2 rings (SSSR count). The van der Waals surface area contributed by atoms with Gasteiger partial charge < -0.3 is 0 Å². The summed E-state index contributed by atoms with van der Waals surface area (Å²) in [7, 11) is -3.60. The lowest BCUT2D eigenvalue weighted by Crippen LogP contribution is -2.14. The lowest BCUT2D eigenvalue weighted by molar-refractivity contribution is 0.601. The van der Waals surface area contributed by atoms with Gasteiger partial charge in [-0.1, -0.05) is 29.8 Å². The van der Waals surface area contributed by atoms with Crippen molar-refractivity contribution < 1.29 is 8.42 Å². The van der Waals surface area contributed by atoms with Gasteiger partial charge in [0.2, 0.25) is 0 Å². The summed E-state index contributed by atoms with van der Waals surface area (Å²) in [5.74, 6) is 0. The average molecular weight is 375 g/mol. The van der Waals surface area contributed by atoms with E-state index in [-0.39, 0.29) is 4.90 Å². The van der Waals surface area contributed by atoms with Gasteiger partial charge in [-0.05, 0) is 59.1 Å². The first-order chi connectivity index (χ1) is 9.33. The zero-order valence-corrected chi connectivity index (χ0v) is 14.1. The molecule has 0 radical (unpaired) electrons. The van der Waals surface area contributed by atoms with Crippen molar-refractivity contribution in [2.24, 2.45) is 0 Å². The molecule has 0 aromatic heterocycles. The van der Waals surface area contributed by atoms with Crippen LogP contribution in [0.4, 0.5) is 5.69 Å². The third-order valence-electron chi connectivity index (χ3n) is 2.94. The molecule has 3 nitrogen and oxygen atoms in total. The summed E-state index contributed by atoms with van der Waals surface area (Å²) in [5.41, 5.74) is 2.08. The third kappa shape index (κ3) is 3.00. The van der Waals surface area contributed by atoms with Crippen LogP contribution in [0, 0.1) is 13.8 Å². The van der Waals surface area contributed by atoms with Crippen LogP contribution in [0.5, 0.6) is 0 Å².